The van der Waals surface area contributed by atoms with E-state index in [1.807, 2.05) is 36.6 Å². The van der Waals surface area contributed by atoms with Crippen LogP contribution in [0, 0.1) is 6.92 Å². The first-order chi connectivity index (χ1) is 14.0. The van der Waals surface area contributed by atoms with Gasteiger partial charge in [0.1, 0.15) is 0 Å². The second-order valence-electron chi connectivity index (χ2n) is 6.33. The number of carbonyl (C=O) groups excluding carboxylic acids is 2. The molecule has 0 atom stereocenters. The van der Waals surface area contributed by atoms with Crippen molar-refractivity contribution in [3.05, 3.63) is 75.5 Å². The molecule has 2 aromatic carbocycles. The van der Waals surface area contributed by atoms with Crippen LogP contribution in [-0.4, -0.2) is 26.0 Å². The molecular weight excluding hydrogens is 388 g/mol. The molecule has 0 saturated carbocycles. The van der Waals surface area contributed by atoms with E-state index in [1.165, 1.54) is 11.3 Å². The molecular formula is C22H22N2O4S. The lowest BCUT2D eigenvalue weighted by Gasteiger charge is -2.14. The summed E-state index contributed by atoms with van der Waals surface area (Å²) in [6.07, 6.45) is 0. The van der Waals surface area contributed by atoms with E-state index in [9.17, 15) is 9.59 Å². The van der Waals surface area contributed by atoms with Crippen molar-refractivity contribution >= 4 is 28.8 Å². The highest BCUT2D eigenvalue weighted by Gasteiger charge is 2.13. The summed E-state index contributed by atoms with van der Waals surface area (Å²) in [5.74, 6) is 0.822. The third kappa shape index (κ3) is 4.94. The van der Waals surface area contributed by atoms with Crippen molar-refractivity contribution in [2.75, 3.05) is 19.5 Å². The number of nitrogens with one attached hydrogen (secondary N) is 2. The van der Waals surface area contributed by atoms with Crippen LogP contribution >= 0.6 is 11.3 Å². The number of ether oxygens (including phenoxy) is 2. The fraction of sp³-hybridized carbons (Fsp3) is 0.182. The first-order valence-electron chi connectivity index (χ1n) is 8.96. The number of rotatable bonds is 7. The predicted octanol–water partition coefficient (Wildman–Crippen LogP) is 4.26. The second-order valence-corrected chi connectivity index (χ2v) is 7.28. The summed E-state index contributed by atoms with van der Waals surface area (Å²) < 4.78 is 10.6. The standard InChI is InChI=1S/C22H22N2O4S/c1-14-11-18(27-2)19(28-3)12-17(14)24-21(25)16-8-6-15(7-9-16)13-23-22(26)20-5-4-10-29-20/h4-12H,13H2,1-3H3,(H,23,26)(H,24,25). The van der Waals surface area contributed by atoms with Gasteiger partial charge in [0.15, 0.2) is 11.5 Å². The normalized spacial score (nSPS) is 10.3. The van der Waals surface area contributed by atoms with Crippen LogP contribution in [0.5, 0.6) is 11.5 Å². The molecule has 1 heterocycles. The fourth-order valence-electron chi connectivity index (χ4n) is 2.76. The third-order valence-electron chi connectivity index (χ3n) is 4.39. The predicted molar refractivity (Wildman–Crippen MR) is 114 cm³/mol. The minimum atomic E-state index is -0.227. The quantitative estimate of drug-likeness (QED) is 0.610. The average Bonchev–Trinajstić information content (AvgIpc) is 3.28. The minimum absolute atomic E-state index is 0.106. The number of thiophene rings is 1. The fourth-order valence-corrected chi connectivity index (χ4v) is 3.40. The molecule has 0 aliphatic rings. The van der Waals surface area contributed by atoms with Crippen molar-refractivity contribution in [3.8, 4) is 11.5 Å². The van der Waals surface area contributed by atoms with Gasteiger partial charge in [-0.15, -0.1) is 11.3 Å². The Hall–Kier alpha value is -3.32. The van der Waals surface area contributed by atoms with Crippen LogP contribution in [0.4, 0.5) is 5.69 Å². The Balaban J connectivity index is 1.64. The van der Waals surface area contributed by atoms with Gasteiger partial charge in [-0.3, -0.25) is 9.59 Å². The highest BCUT2D eigenvalue weighted by Crippen LogP contribution is 2.33. The zero-order chi connectivity index (χ0) is 20.8. The lowest BCUT2D eigenvalue weighted by Crippen LogP contribution is -2.21. The van der Waals surface area contributed by atoms with E-state index in [4.69, 9.17) is 9.47 Å². The maximum Gasteiger partial charge on any atom is 0.261 e. The molecule has 29 heavy (non-hydrogen) atoms. The topological polar surface area (TPSA) is 76.7 Å². The highest BCUT2D eigenvalue weighted by atomic mass is 32.1. The van der Waals surface area contributed by atoms with Gasteiger partial charge in [0, 0.05) is 23.9 Å². The molecule has 2 amide bonds. The van der Waals surface area contributed by atoms with Crippen LogP contribution in [0.1, 0.15) is 31.2 Å². The minimum Gasteiger partial charge on any atom is -0.493 e. The van der Waals surface area contributed by atoms with Gasteiger partial charge in [-0.05, 0) is 47.7 Å². The van der Waals surface area contributed by atoms with Gasteiger partial charge >= 0.3 is 0 Å². The summed E-state index contributed by atoms with van der Waals surface area (Å²) >= 11 is 1.40. The number of amides is 2. The highest BCUT2D eigenvalue weighted by molar-refractivity contribution is 7.12. The van der Waals surface area contributed by atoms with Gasteiger partial charge in [0.05, 0.1) is 19.1 Å². The van der Waals surface area contributed by atoms with Crippen LogP contribution in [0.3, 0.4) is 0 Å². The van der Waals surface area contributed by atoms with Crippen molar-refractivity contribution in [3.63, 3.8) is 0 Å². The van der Waals surface area contributed by atoms with Gasteiger partial charge in [-0.1, -0.05) is 18.2 Å². The molecule has 6 nitrogen and oxygen atoms in total. The van der Waals surface area contributed by atoms with E-state index in [1.54, 1.807) is 38.5 Å². The Morgan fingerprint density at radius 3 is 2.28 bits per heavy atom. The summed E-state index contributed by atoms with van der Waals surface area (Å²) in [5.41, 5.74) is 2.95. The molecule has 2 N–H and O–H groups in total. The SMILES string of the molecule is COc1cc(C)c(NC(=O)c2ccc(CNC(=O)c3cccs3)cc2)cc1OC. The van der Waals surface area contributed by atoms with Crippen LogP contribution < -0.4 is 20.1 Å². The van der Waals surface area contributed by atoms with Gasteiger partial charge in [-0.25, -0.2) is 0 Å². The van der Waals surface area contributed by atoms with Crippen LogP contribution in [0.2, 0.25) is 0 Å². The molecule has 3 aromatic rings. The van der Waals surface area contributed by atoms with E-state index in [-0.39, 0.29) is 11.8 Å². The molecule has 0 aliphatic heterocycles. The number of methoxy groups -OCH3 is 2. The molecule has 0 fully saturated rings. The molecule has 3 rings (SSSR count). The molecule has 0 spiro atoms. The smallest absolute Gasteiger partial charge is 0.261 e. The van der Waals surface area contributed by atoms with Crippen molar-refractivity contribution in [1.29, 1.82) is 0 Å². The third-order valence-corrected chi connectivity index (χ3v) is 5.26. The lowest BCUT2D eigenvalue weighted by molar-refractivity contribution is 0.0953. The zero-order valence-electron chi connectivity index (χ0n) is 16.4. The maximum absolute atomic E-state index is 12.6. The van der Waals surface area contributed by atoms with E-state index in [0.29, 0.717) is 34.2 Å². The monoisotopic (exact) mass is 410 g/mol. The van der Waals surface area contributed by atoms with Gasteiger partial charge in [-0.2, -0.15) is 0 Å². The Bertz CT molecular complexity index is 998. The number of benzene rings is 2. The maximum atomic E-state index is 12.6. The van der Waals surface area contributed by atoms with E-state index in [0.717, 1.165) is 11.1 Å². The number of hydrogen-bond donors (Lipinski definition) is 2. The van der Waals surface area contributed by atoms with Crippen LogP contribution in [0.25, 0.3) is 0 Å². The Labute approximate surface area is 173 Å². The van der Waals surface area contributed by atoms with E-state index in [2.05, 4.69) is 10.6 Å². The average molecular weight is 410 g/mol. The molecule has 0 aliphatic carbocycles. The summed E-state index contributed by atoms with van der Waals surface area (Å²) in [4.78, 5) is 25.3. The molecule has 0 saturated heterocycles. The van der Waals surface area contributed by atoms with Crippen molar-refractivity contribution in [2.45, 2.75) is 13.5 Å². The lowest BCUT2D eigenvalue weighted by atomic mass is 10.1. The molecule has 7 heteroatoms. The zero-order valence-corrected chi connectivity index (χ0v) is 17.3. The molecule has 1 aromatic heterocycles. The van der Waals surface area contributed by atoms with Crippen LogP contribution in [-0.2, 0) is 6.54 Å². The summed E-state index contributed by atoms with van der Waals surface area (Å²) in [6, 6.07) is 14.3. The Morgan fingerprint density at radius 2 is 1.66 bits per heavy atom. The van der Waals surface area contributed by atoms with Gasteiger partial charge < -0.3 is 20.1 Å². The number of carbonyl (C=O) groups is 2. The first-order valence-corrected chi connectivity index (χ1v) is 9.84. The second kappa shape index (κ2) is 9.25. The van der Waals surface area contributed by atoms with E-state index < -0.39 is 0 Å². The molecule has 150 valence electrons. The van der Waals surface area contributed by atoms with Gasteiger partial charge in [0.2, 0.25) is 0 Å². The number of aryl methyl sites for hydroxylation is 1. The number of hydrogen-bond acceptors (Lipinski definition) is 5. The van der Waals surface area contributed by atoms with Crippen molar-refractivity contribution in [1.82, 2.24) is 5.32 Å². The Kier molecular flexibility index (Phi) is 6.51. The molecule has 0 bridgehead atoms. The van der Waals surface area contributed by atoms with Gasteiger partial charge in [0.25, 0.3) is 11.8 Å². The Morgan fingerprint density at radius 1 is 0.966 bits per heavy atom. The van der Waals surface area contributed by atoms with E-state index >= 15 is 0 Å². The molecule has 0 unspecified atom stereocenters. The summed E-state index contributed by atoms with van der Waals surface area (Å²) in [7, 11) is 3.12. The van der Waals surface area contributed by atoms with Crippen LogP contribution in [0.15, 0.2) is 53.9 Å². The largest absolute Gasteiger partial charge is 0.493 e. The summed E-state index contributed by atoms with van der Waals surface area (Å²) in [5, 5.41) is 7.63. The van der Waals surface area contributed by atoms with Crippen molar-refractivity contribution in [2.24, 2.45) is 0 Å². The number of anilines is 1. The van der Waals surface area contributed by atoms with Crippen molar-refractivity contribution < 1.29 is 19.1 Å². The molecule has 0 radical (unpaired) electrons. The first kappa shape index (κ1) is 20.4. The summed E-state index contributed by atoms with van der Waals surface area (Å²) in [6.45, 7) is 2.28.